The molecule has 1 fully saturated rings. The highest BCUT2D eigenvalue weighted by atomic mass is 16.7. The van der Waals surface area contributed by atoms with Crippen LogP contribution in [0.4, 0.5) is 0 Å². The molecule has 0 saturated carbocycles. The predicted octanol–water partition coefficient (Wildman–Crippen LogP) is 2.69. The molecule has 0 unspecified atom stereocenters. The van der Waals surface area contributed by atoms with E-state index in [-0.39, 0.29) is 19.4 Å². The highest BCUT2D eigenvalue weighted by Gasteiger charge is 2.49. The lowest BCUT2D eigenvalue weighted by Gasteiger charge is -2.46. The van der Waals surface area contributed by atoms with Gasteiger partial charge in [0, 0.05) is 16.7 Å². The normalized spacial score (nSPS) is 26.3. The van der Waals surface area contributed by atoms with Crippen LogP contribution in [-0.4, -0.2) is 44.4 Å². The molecule has 3 atom stereocenters. The highest BCUT2D eigenvalue weighted by Crippen LogP contribution is 2.55. The van der Waals surface area contributed by atoms with Crippen LogP contribution < -0.4 is 19.5 Å². The number of nitrogens with one attached hydrogen (secondary N) is 1. The van der Waals surface area contributed by atoms with E-state index < -0.39 is 23.9 Å². The van der Waals surface area contributed by atoms with Crippen molar-refractivity contribution in [3.8, 4) is 17.2 Å². The zero-order chi connectivity index (χ0) is 20.8. The summed E-state index contributed by atoms with van der Waals surface area (Å²) in [6.45, 7) is 12.2. The molecular formula is C21H27NO7. The average Bonchev–Trinajstić information content (AvgIpc) is 3.17. The van der Waals surface area contributed by atoms with Gasteiger partial charge in [0.25, 0.3) is 0 Å². The van der Waals surface area contributed by atoms with Gasteiger partial charge in [-0.05, 0) is 27.7 Å². The lowest BCUT2D eigenvalue weighted by molar-refractivity contribution is -0.288. The smallest absolute Gasteiger partial charge is 0.327 e. The summed E-state index contributed by atoms with van der Waals surface area (Å²) in [5, 5.41) is 3.33. The summed E-state index contributed by atoms with van der Waals surface area (Å²) >= 11 is 0. The van der Waals surface area contributed by atoms with E-state index in [4.69, 9.17) is 28.4 Å². The summed E-state index contributed by atoms with van der Waals surface area (Å²) in [6.07, 6.45) is 1.28. The number of rotatable bonds is 5. The van der Waals surface area contributed by atoms with Crippen molar-refractivity contribution < 1.29 is 33.2 Å². The van der Waals surface area contributed by atoms with Gasteiger partial charge in [-0.2, -0.15) is 0 Å². The molecule has 0 amide bonds. The van der Waals surface area contributed by atoms with Crippen molar-refractivity contribution in [3.05, 3.63) is 29.3 Å². The molecular weight excluding hydrogens is 378 g/mol. The summed E-state index contributed by atoms with van der Waals surface area (Å²) in [7, 11) is 0. The van der Waals surface area contributed by atoms with Crippen molar-refractivity contribution in [3.63, 3.8) is 0 Å². The monoisotopic (exact) mass is 405 g/mol. The van der Waals surface area contributed by atoms with Crippen molar-refractivity contribution in [2.24, 2.45) is 0 Å². The Kier molecular flexibility index (Phi) is 5.18. The average molecular weight is 405 g/mol. The fourth-order valence-electron chi connectivity index (χ4n) is 4.11. The number of hydrogen-bond acceptors (Lipinski definition) is 8. The standard InChI is InChI=1S/C21H27NO7/c1-6-8-25-16-11(3)17-19(27-10-26-17)13-14(16)18-12(9-28-21(4,5)29-18)22-15(13)20(23)24-7-2/h6,12,15,18,22H,1,7-10H2,2-5H3/t12-,15-,18+/m1/s1. The molecule has 0 aromatic heterocycles. The minimum absolute atomic E-state index is 0.0760. The first-order valence-electron chi connectivity index (χ1n) is 9.82. The number of fused-ring (bicyclic) bond motifs is 5. The topological polar surface area (TPSA) is 84.5 Å². The van der Waals surface area contributed by atoms with Crippen LogP contribution in [0.3, 0.4) is 0 Å². The quantitative estimate of drug-likeness (QED) is 0.591. The molecule has 3 heterocycles. The Morgan fingerprint density at radius 3 is 2.79 bits per heavy atom. The molecule has 1 aromatic rings. The molecule has 0 bridgehead atoms. The summed E-state index contributed by atoms with van der Waals surface area (Å²) in [6, 6.07) is -1.00. The molecule has 1 N–H and O–H groups in total. The maximum atomic E-state index is 12.9. The Labute approximate surface area is 170 Å². The van der Waals surface area contributed by atoms with E-state index in [2.05, 4.69) is 11.9 Å². The summed E-state index contributed by atoms with van der Waals surface area (Å²) in [4.78, 5) is 12.9. The van der Waals surface area contributed by atoms with E-state index >= 15 is 0 Å². The maximum absolute atomic E-state index is 12.9. The van der Waals surface area contributed by atoms with E-state index in [1.165, 1.54) is 0 Å². The Morgan fingerprint density at radius 2 is 2.07 bits per heavy atom. The minimum Gasteiger partial charge on any atom is -0.489 e. The van der Waals surface area contributed by atoms with Crippen molar-refractivity contribution >= 4 is 5.97 Å². The summed E-state index contributed by atoms with van der Waals surface area (Å²) in [5.41, 5.74) is 2.21. The van der Waals surface area contributed by atoms with Crippen molar-refractivity contribution in [1.29, 1.82) is 0 Å². The molecule has 8 heteroatoms. The van der Waals surface area contributed by atoms with Gasteiger partial charge in [-0.1, -0.05) is 12.7 Å². The first-order chi connectivity index (χ1) is 13.9. The molecule has 29 heavy (non-hydrogen) atoms. The Morgan fingerprint density at radius 1 is 1.31 bits per heavy atom. The Hall–Kier alpha value is -2.29. The van der Waals surface area contributed by atoms with Gasteiger partial charge in [0.15, 0.2) is 17.3 Å². The van der Waals surface area contributed by atoms with Gasteiger partial charge >= 0.3 is 5.97 Å². The van der Waals surface area contributed by atoms with E-state index in [0.717, 1.165) is 11.1 Å². The zero-order valence-corrected chi connectivity index (χ0v) is 17.2. The van der Waals surface area contributed by atoms with Gasteiger partial charge in [0.1, 0.15) is 24.5 Å². The number of ether oxygens (including phenoxy) is 6. The molecule has 0 aliphatic carbocycles. The van der Waals surface area contributed by atoms with Crippen LogP contribution in [0.1, 0.15) is 49.6 Å². The minimum atomic E-state index is -0.781. The van der Waals surface area contributed by atoms with E-state index in [1.807, 2.05) is 20.8 Å². The van der Waals surface area contributed by atoms with Crippen molar-refractivity contribution in [2.75, 3.05) is 26.6 Å². The van der Waals surface area contributed by atoms with Gasteiger partial charge < -0.3 is 28.4 Å². The van der Waals surface area contributed by atoms with Crippen molar-refractivity contribution in [2.45, 2.75) is 51.7 Å². The molecule has 158 valence electrons. The van der Waals surface area contributed by atoms with Gasteiger partial charge in [-0.3, -0.25) is 5.32 Å². The zero-order valence-electron chi connectivity index (χ0n) is 17.2. The van der Waals surface area contributed by atoms with Gasteiger partial charge in [0.2, 0.25) is 6.79 Å². The van der Waals surface area contributed by atoms with Crippen LogP contribution in [0.2, 0.25) is 0 Å². The van der Waals surface area contributed by atoms with Crippen LogP contribution in [0.5, 0.6) is 17.2 Å². The number of carbonyl (C=O) groups excluding carboxylic acids is 1. The first kappa shape index (κ1) is 20.0. The van der Waals surface area contributed by atoms with Crippen LogP contribution in [-0.2, 0) is 19.0 Å². The SMILES string of the molecule is C=CCOc1c(C)c2c(c3c1[C@H]1OC(C)(C)OC[C@H]1N[C@H]3C(=O)OCC)OCO2. The van der Waals surface area contributed by atoms with E-state index in [0.29, 0.717) is 36.0 Å². The number of esters is 1. The summed E-state index contributed by atoms with van der Waals surface area (Å²) in [5.74, 6) is 0.543. The molecule has 8 nitrogen and oxygen atoms in total. The molecule has 3 aliphatic heterocycles. The van der Waals surface area contributed by atoms with Crippen molar-refractivity contribution in [1.82, 2.24) is 5.32 Å². The maximum Gasteiger partial charge on any atom is 0.327 e. The van der Waals surface area contributed by atoms with Gasteiger partial charge in [0.05, 0.1) is 19.3 Å². The largest absolute Gasteiger partial charge is 0.489 e. The van der Waals surface area contributed by atoms with Crippen LogP contribution in [0.25, 0.3) is 0 Å². The molecule has 4 rings (SSSR count). The lowest BCUT2D eigenvalue weighted by atomic mass is 9.84. The third-order valence-corrected chi connectivity index (χ3v) is 5.28. The van der Waals surface area contributed by atoms with Crippen LogP contribution in [0.15, 0.2) is 12.7 Å². The number of carbonyl (C=O) groups is 1. The fraction of sp³-hybridized carbons (Fsp3) is 0.571. The molecule has 1 saturated heterocycles. The van der Waals surface area contributed by atoms with E-state index in [9.17, 15) is 4.79 Å². The Bertz CT molecular complexity index is 835. The van der Waals surface area contributed by atoms with E-state index in [1.54, 1.807) is 13.0 Å². The molecule has 0 spiro atoms. The van der Waals surface area contributed by atoms with Crippen LogP contribution in [0, 0.1) is 6.92 Å². The molecule has 0 radical (unpaired) electrons. The Balaban J connectivity index is 1.94. The highest BCUT2D eigenvalue weighted by molar-refractivity contribution is 5.82. The summed E-state index contributed by atoms with van der Waals surface area (Å²) < 4.78 is 35.0. The third kappa shape index (κ3) is 3.35. The fourth-order valence-corrected chi connectivity index (χ4v) is 4.11. The first-order valence-corrected chi connectivity index (χ1v) is 9.82. The number of benzene rings is 1. The van der Waals surface area contributed by atoms with Crippen LogP contribution >= 0.6 is 0 Å². The third-order valence-electron chi connectivity index (χ3n) is 5.28. The predicted molar refractivity (Wildman–Crippen MR) is 103 cm³/mol. The van der Waals surface area contributed by atoms with Gasteiger partial charge in [-0.15, -0.1) is 0 Å². The second-order valence-electron chi connectivity index (χ2n) is 7.65. The molecule has 3 aliphatic rings. The number of hydrogen-bond donors (Lipinski definition) is 1. The molecule has 1 aromatic carbocycles. The van der Waals surface area contributed by atoms with Gasteiger partial charge in [-0.25, -0.2) is 4.79 Å². The second kappa shape index (κ2) is 7.51. The second-order valence-corrected chi connectivity index (χ2v) is 7.65. The lowest BCUT2D eigenvalue weighted by Crippen LogP contribution is -2.55.